The second kappa shape index (κ2) is 12.6. The van der Waals surface area contributed by atoms with Crippen LogP contribution in [0.15, 0.2) is 156 Å². The lowest BCUT2D eigenvalue weighted by molar-refractivity contribution is 0.473. The number of hydrogen-bond donors (Lipinski definition) is 2. The van der Waals surface area contributed by atoms with Gasteiger partial charge in [-0.2, -0.15) is 0 Å². The van der Waals surface area contributed by atoms with Gasteiger partial charge < -0.3 is 10.2 Å². The first-order valence-corrected chi connectivity index (χ1v) is 14.5. The highest BCUT2D eigenvalue weighted by molar-refractivity contribution is 6.17. The van der Waals surface area contributed by atoms with Crippen molar-refractivity contribution in [2.24, 2.45) is 9.98 Å². The maximum Gasteiger partial charge on any atom is 0.125 e. The van der Waals surface area contributed by atoms with E-state index in [-0.39, 0.29) is 11.5 Å². The summed E-state index contributed by atoms with van der Waals surface area (Å²) in [6.07, 6.45) is 0. The first-order chi connectivity index (χ1) is 21.5. The zero-order valence-electron chi connectivity index (χ0n) is 24.6. The quantitative estimate of drug-likeness (QED) is 0.187. The summed E-state index contributed by atoms with van der Waals surface area (Å²) in [5.41, 5.74) is 9.82. The Morgan fingerprint density at radius 2 is 0.795 bits per heavy atom. The van der Waals surface area contributed by atoms with Gasteiger partial charge in [-0.25, -0.2) is 9.98 Å². The molecule has 0 aromatic heterocycles. The van der Waals surface area contributed by atoms with Crippen LogP contribution in [0.3, 0.4) is 0 Å². The molecule has 0 spiro atoms. The second-order valence-corrected chi connectivity index (χ2v) is 10.7. The highest BCUT2D eigenvalue weighted by atomic mass is 16.3. The molecule has 0 saturated heterocycles. The minimum atomic E-state index is 0.172. The summed E-state index contributed by atoms with van der Waals surface area (Å²) >= 11 is 0. The van der Waals surface area contributed by atoms with Gasteiger partial charge in [-0.05, 0) is 50.2 Å². The number of para-hydroxylation sites is 2. The molecule has 0 aliphatic heterocycles. The molecule has 44 heavy (non-hydrogen) atoms. The van der Waals surface area contributed by atoms with Crippen LogP contribution in [-0.4, -0.2) is 21.6 Å². The molecular formula is C40H32N2O2. The molecule has 0 saturated carbocycles. The largest absolute Gasteiger partial charge is 0.507 e. The van der Waals surface area contributed by atoms with E-state index in [0.717, 1.165) is 44.8 Å². The lowest BCUT2D eigenvalue weighted by Crippen LogP contribution is -2.04. The van der Waals surface area contributed by atoms with Crippen LogP contribution in [0.25, 0.3) is 11.1 Å². The molecule has 4 nitrogen and oxygen atoms in total. The summed E-state index contributed by atoms with van der Waals surface area (Å²) in [7, 11) is 0. The van der Waals surface area contributed by atoms with Gasteiger partial charge in [-0.3, -0.25) is 0 Å². The van der Waals surface area contributed by atoms with E-state index in [1.165, 1.54) is 0 Å². The topological polar surface area (TPSA) is 65.2 Å². The molecular weight excluding hydrogens is 540 g/mol. The number of rotatable bonds is 7. The van der Waals surface area contributed by atoms with E-state index in [0.29, 0.717) is 22.6 Å². The molecule has 2 N–H and O–H groups in total. The van der Waals surface area contributed by atoms with Crippen molar-refractivity contribution < 1.29 is 10.2 Å². The van der Waals surface area contributed by atoms with Crippen LogP contribution in [-0.2, 0) is 0 Å². The van der Waals surface area contributed by atoms with Crippen molar-refractivity contribution in [3.05, 3.63) is 179 Å². The number of aromatic hydroxyl groups is 2. The second-order valence-electron chi connectivity index (χ2n) is 10.7. The number of nitrogens with zero attached hydrogens (tertiary/aromatic N) is 2. The summed E-state index contributed by atoms with van der Waals surface area (Å²) in [4.78, 5) is 10.4. The van der Waals surface area contributed by atoms with E-state index in [9.17, 15) is 10.2 Å². The lowest BCUT2D eigenvalue weighted by Gasteiger charge is -2.15. The third kappa shape index (κ3) is 6.06. The lowest BCUT2D eigenvalue weighted by atomic mass is 9.97. The van der Waals surface area contributed by atoms with Crippen LogP contribution in [0.5, 0.6) is 11.5 Å². The van der Waals surface area contributed by atoms with Gasteiger partial charge in [-0.1, -0.05) is 120 Å². The zero-order valence-corrected chi connectivity index (χ0v) is 24.6. The van der Waals surface area contributed by atoms with Gasteiger partial charge in [0.15, 0.2) is 0 Å². The minimum Gasteiger partial charge on any atom is -0.507 e. The van der Waals surface area contributed by atoms with Gasteiger partial charge in [0.05, 0.1) is 22.8 Å². The Kier molecular flexibility index (Phi) is 8.15. The molecule has 4 heteroatoms. The van der Waals surface area contributed by atoms with Crippen molar-refractivity contribution in [1.82, 2.24) is 0 Å². The molecule has 6 aromatic rings. The Morgan fingerprint density at radius 3 is 1.20 bits per heavy atom. The number of phenols is 2. The Balaban J connectivity index is 1.56. The highest BCUT2D eigenvalue weighted by Gasteiger charge is 2.17. The Morgan fingerprint density at radius 1 is 0.432 bits per heavy atom. The highest BCUT2D eigenvalue weighted by Crippen LogP contribution is 2.39. The van der Waals surface area contributed by atoms with Crippen LogP contribution in [0.2, 0.25) is 0 Å². The third-order valence-corrected chi connectivity index (χ3v) is 7.47. The smallest absolute Gasteiger partial charge is 0.125 e. The van der Waals surface area contributed by atoms with Crippen LogP contribution in [0.4, 0.5) is 11.4 Å². The van der Waals surface area contributed by atoms with Crippen LogP contribution >= 0.6 is 0 Å². The first-order valence-electron chi connectivity index (χ1n) is 14.5. The van der Waals surface area contributed by atoms with Crippen molar-refractivity contribution in [1.29, 1.82) is 0 Å². The molecule has 6 aromatic carbocycles. The fraction of sp³-hybridized carbons (Fsp3) is 0.0500. The monoisotopic (exact) mass is 572 g/mol. The normalized spacial score (nSPS) is 11.9. The van der Waals surface area contributed by atoms with Gasteiger partial charge >= 0.3 is 0 Å². The van der Waals surface area contributed by atoms with Crippen LogP contribution < -0.4 is 0 Å². The number of benzene rings is 6. The van der Waals surface area contributed by atoms with Gasteiger partial charge in [-0.15, -0.1) is 0 Å². The van der Waals surface area contributed by atoms with E-state index in [2.05, 4.69) is 0 Å². The average Bonchev–Trinajstić information content (AvgIpc) is 3.06. The average molecular weight is 573 g/mol. The fourth-order valence-corrected chi connectivity index (χ4v) is 5.27. The molecule has 0 fully saturated rings. The van der Waals surface area contributed by atoms with E-state index in [4.69, 9.17) is 9.98 Å². The van der Waals surface area contributed by atoms with Gasteiger partial charge in [0.25, 0.3) is 0 Å². The molecule has 0 radical (unpaired) electrons. The summed E-state index contributed by atoms with van der Waals surface area (Å²) in [5.74, 6) is 0.345. The third-order valence-electron chi connectivity index (χ3n) is 7.47. The summed E-state index contributed by atoms with van der Waals surface area (Å²) in [6.45, 7) is 4.01. The van der Waals surface area contributed by atoms with Gasteiger partial charge in [0.1, 0.15) is 11.5 Å². The van der Waals surface area contributed by atoms with Gasteiger partial charge in [0, 0.05) is 33.4 Å². The molecule has 0 unspecified atom stereocenters. The maximum absolute atomic E-state index is 10.9. The van der Waals surface area contributed by atoms with E-state index in [1.54, 1.807) is 12.1 Å². The van der Waals surface area contributed by atoms with Crippen molar-refractivity contribution in [3.63, 3.8) is 0 Å². The van der Waals surface area contributed by atoms with Crippen molar-refractivity contribution in [3.8, 4) is 22.6 Å². The van der Waals surface area contributed by atoms with Gasteiger partial charge in [0.2, 0.25) is 0 Å². The first kappa shape index (κ1) is 28.4. The number of aryl methyl sites for hydroxylation is 2. The van der Waals surface area contributed by atoms with Crippen molar-refractivity contribution >= 4 is 22.8 Å². The molecule has 0 aliphatic carbocycles. The van der Waals surface area contributed by atoms with E-state index < -0.39 is 0 Å². The standard InChI is InChI=1S/C40H32N2O2/c1-27-21-23-37(43)33(25-27)39(29-13-5-3-6-14-29)41-35-19-11-9-17-31(35)32-18-10-12-20-36(32)42-40(30-15-7-4-8-16-30)34-26-28(2)22-24-38(34)44/h3-26,43-44H,1-2H3. The molecule has 0 bridgehead atoms. The number of phenolic OH excluding ortho intramolecular Hbond substituents is 2. The van der Waals surface area contributed by atoms with Crippen LogP contribution in [0, 0.1) is 13.8 Å². The zero-order chi connectivity index (χ0) is 30.5. The minimum absolute atomic E-state index is 0.172. The summed E-state index contributed by atoms with van der Waals surface area (Å²) in [6, 6.07) is 46.9. The number of aliphatic imine (C=N–C) groups is 2. The van der Waals surface area contributed by atoms with E-state index >= 15 is 0 Å². The Bertz CT molecular complexity index is 1850. The molecule has 0 heterocycles. The summed E-state index contributed by atoms with van der Waals surface area (Å²) < 4.78 is 0. The molecule has 0 aliphatic rings. The van der Waals surface area contributed by atoms with Crippen LogP contribution in [0.1, 0.15) is 33.4 Å². The predicted octanol–water partition coefficient (Wildman–Crippen LogP) is 9.72. The molecule has 214 valence electrons. The number of hydrogen-bond acceptors (Lipinski definition) is 4. The Hall–Kier alpha value is -5.74. The predicted molar refractivity (Wildman–Crippen MR) is 181 cm³/mol. The molecule has 6 rings (SSSR count). The molecule has 0 atom stereocenters. The Labute approximate surface area is 258 Å². The van der Waals surface area contributed by atoms with Crippen molar-refractivity contribution in [2.45, 2.75) is 13.8 Å². The fourth-order valence-electron chi connectivity index (χ4n) is 5.27. The summed E-state index contributed by atoms with van der Waals surface area (Å²) in [5, 5.41) is 21.8. The molecule has 0 amide bonds. The SMILES string of the molecule is Cc1ccc(O)c(C(=Nc2ccccc2-c2ccccc2N=C(c2ccccc2)c2cc(C)ccc2O)c2ccccc2)c1. The maximum atomic E-state index is 10.9. The van der Waals surface area contributed by atoms with Crippen molar-refractivity contribution in [2.75, 3.05) is 0 Å². The van der Waals surface area contributed by atoms with E-state index in [1.807, 2.05) is 147 Å².